The van der Waals surface area contributed by atoms with Gasteiger partial charge < -0.3 is 45.1 Å². The van der Waals surface area contributed by atoms with E-state index in [1.807, 2.05) is 24.3 Å². The lowest BCUT2D eigenvalue weighted by atomic mass is 9.57. The van der Waals surface area contributed by atoms with E-state index in [2.05, 4.69) is 70.5 Å². The van der Waals surface area contributed by atoms with Crippen LogP contribution in [0.3, 0.4) is 0 Å². The van der Waals surface area contributed by atoms with Crippen LogP contribution in [0.5, 0.6) is 17.2 Å². The molecule has 0 amide bonds. The second kappa shape index (κ2) is 17.1. The maximum Gasteiger partial charge on any atom is 0.164 e. The number of hydrogen-bond acceptors (Lipinski definition) is 8. The van der Waals surface area contributed by atoms with Crippen molar-refractivity contribution in [2.75, 3.05) is 19.8 Å². The summed E-state index contributed by atoms with van der Waals surface area (Å²) in [6.45, 7) is 2.02. The number of phenols is 2. The van der Waals surface area contributed by atoms with Gasteiger partial charge in [0.1, 0.15) is 18.2 Å². The number of aromatic nitrogens is 1. The monoisotopic (exact) mass is 857 g/mol. The molecule has 330 valence electrons. The zero-order valence-corrected chi connectivity index (χ0v) is 36.5. The summed E-state index contributed by atoms with van der Waals surface area (Å²) in [5.41, 5.74) is 16.9. The van der Waals surface area contributed by atoms with Crippen molar-refractivity contribution in [3.63, 3.8) is 0 Å². The van der Waals surface area contributed by atoms with Crippen molar-refractivity contribution >= 4 is 16.6 Å². The maximum absolute atomic E-state index is 12.0. The molecule has 1 aromatic heterocycles. The third-order valence-corrected chi connectivity index (χ3v) is 15.5. The van der Waals surface area contributed by atoms with Crippen molar-refractivity contribution in [3.8, 4) is 29.1 Å². The number of rotatable bonds is 4. The van der Waals surface area contributed by atoms with Crippen molar-refractivity contribution in [1.82, 2.24) is 9.88 Å². The Morgan fingerprint density at radius 2 is 1.80 bits per heavy atom. The Balaban J connectivity index is 1.07. The van der Waals surface area contributed by atoms with Gasteiger partial charge in [0.25, 0.3) is 0 Å². The molecule has 1 fully saturated rings. The predicted octanol–water partition coefficient (Wildman–Crippen LogP) is 8.57. The Bertz CT molecular complexity index is 2710. The molecule has 64 heavy (non-hydrogen) atoms. The molecular formula is C55H59N3O6. The molecule has 7 aliphatic rings. The Labute approximate surface area is 375 Å². The molecule has 9 nitrogen and oxygen atoms in total. The van der Waals surface area contributed by atoms with Gasteiger partial charge in [-0.25, -0.2) is 0 Å². The van der Waals surface area contributed by atoms with Gasteiger partial charge in [-0.15, -0.1) is 0 Å². The number of nitrogens with two attached hydrogens (primary N) is 1. The number of hydrogen-bond donors (Lipinski definition) is 5. The van der Waals surface area contributed by atoms with E-state index in [0.29, 0.717) is 37.7 Å². The summed E-state index contributed by atoms with van der Waals surface area (Å²) in [6, 6.07) is 25.0. The number of ether oxygens (including phenoxy) is 3. The van der Waals surface area contributed by atoms with Crippen molar-refractivity contribution in [1.29, 1.82) is 0 Å². The molecule has 5 aromatic rings. The van der Waals surface area contributed by atoms with Gasteiger partial charge in [-0.3, -0.25) is 0 Å². The minimum atomic E-state index is -0.552. The van der Waals surface area contributed by atoms with E-state index in [1.165, 1.54) is 22.3 Å². The van der Waals surface area contributed by atoms with E-state index in [1.54, 1.807) is 18.2 Å². The number of benzene rings is 4. The highest BCUT2D eigenvalue weighted by Gasteiger charge is 2.47. The molecule has 12 rings (SSSR count). The SMILES string of the molecule is NC1C=C2C#CC(CCc3ccc(O)cc3)CCCC3CC(O)C4CCc5c(ccc(O)c5OCc5cc(C67CCOCC6CCc6ccccc67)cc6cn(cc56)C(=C2CO3)N1)C4. The molecule has 0 radical (unpaired) electrons. The van der Waals surface area contributed by atoms with E-state index in [9.17, 15) is 15.3 Å². The lowest BCUT2D eigenvalue weighted by Gasteiger charge is -2.49. The van der Waals surface area contributed by atoms with Crippen LogP contribution >= 0.6 is 0 Å². The molecular weight excluding hydrogens is 799 g/mol. The lowest BCUT2D eigenvalue weighted by molar-refractivity contribution is -0.00226. The highest BCUT2D eigenvalue weighted by molar-refractivity contribution is 5.88. The normalized spacial score (nSPS) is 27.8. The van der Waals surface area contributed by atoms with E-state index < -0.39 is 12.3 Å². The molecule has 5 aliphatic heterocycles. The first-order chi connectivity index (χ1) is 31.3. The molecule has 4 aromatic carbocycles. The fraction of sp³-hybridized carbons (Fsp3) is 0.418. The molecule has 2 aliphatic carbocycles. The maximum atomic E-state index is 12.0. The average molecular weight is 858 g/mol. The summed E-state index contributed by atoms with van der Waals surface area (Å²) < 4.78 is 22.2. The third kappa shape index (κ3) is 7.68. The van der Waals surface area contributed by atoms with Gasteiger partial charge in [-0.2, -0.15) is 0 Å². The minimum Gasteiger partial charge on any atom is -0.508 e. The summed E-state index contributed by atoms with van der Waals surface area (Å²) in [4.78, 5) is 0. The topological polar surface area (TPSA) is 131 Å². The van der Waals surface area contributed by atoms with Crippen molar-refractivity contribution in [2.45, 2.75) is 107 Å². The Morgan fingerprint density at radius 3 is 2.70 bits per heavy atom. The largest absolute Gasteiger partial charge is 0.508 e. The summed E-state index contributed by atoms with van der Waals surface area (Å²) in [5, 5.41) is 39.1. The summed E-state index contributed by atoms with van der Waals surface area (Å²) in [5.74, 6) is 9.66. The van der Waals surface area contributed by atoms with Gasteiger partial charge >= 0.3 is 0 Å². The molecule has 0 saturated carbocycles. The third-order valence-electron chi connectivity index (χ3n) is 15.5. The first-order valence-corrected chi connectivity index (χ1v) is 23.6. The van der Waals surface area contributed by atoms with Crippen LogP contribution in [0.4, 0.5) is 0 Å². The quantitative estimate of drug-likeness (QED) is 0.114. The van der Waals surface area contributed by atoms with Crippen LogP contribution in [0, 0.1) is 29.6 Å². The van der Waals surface area contributed by atoms with E-state index in [4.69, 9.17) is 19.9 Å². The molecule has 6 N–H and O–H groups in total. The summed E-state index contributed by atoms with van der Waals surface area (Å²) >= 11 is 0. The fourth-order valence-electron chi connectivity index (χ4n) is 12.0. The zero-order chi connectivity index (χ0) is 43.4. The molecule has 0 spiro atoms. The molecule has 9 heteroatoms. The van der Waals surface area contributed by atoms with Crippen LogP contribution in [0.2, 0.25) is 0 Å². The van der Waals surface area contributed by atoms with Crippen LogP contribution < -0.4 is 15.8 Å². The van der Waals surface area contributed by atoms with Crippen molar-refractivity contribution < 1.29 is 29.5 Å². The average Bonchev–Trinajstić information content (AvgIpc) is 3.74. The van der Waals surface area contributed by atoms with Gasteiger partial charge in [0.15, 0.2) is 11.5 Å². The van der Waals surface area contributed by atoms with Crippen LogP contribution in [-0.4, -0.2) is 58.1 Å². The van der Waals surface area contributed by atoms with Crippen molar-refractivity contribution in [3.05, 3.63) is 141 Å². The number of aliphatic hydroxyl groups is 1. The van der Waals surface area contributed by atoms with Gasteiger partial charge in [0.2, 0.25) is 0 Å². The van der Waals surface area contributed by atoms with Crippen LogP contribution in [-0.2, 0) is 47.2 Å². The first kappa shape index (κ1) is 41.2. The standard InChI is InChI=1S/C55H59N3O6/c56-52-27-38-13-10-34(8-9-35-11-18-44(59)19-12-35)4-3-6-45-28-51(61)39-15-20-46-37(24-39)16-21-50(60)53(46)64-31-41-26-43(25-40-29-58(30-47(40)41)54(57-52)48(38)33-63-45)55-22-23-62-32-42(55)17-14-36-5-1-2-7-49(36)55/h1-2,5,7,11-12,16,18-19,21,25-27,29-30,34,39,42,45,51-52,57,59-61H,3-4,6,8-9,14-15,17,20,22-24,28,31-33,56H2. The number of nitrogens with one attached hydrogen (secondary N) is 1. The summed E-state index contributed by atoms with van der Waals surface area (Å²) in [6.07, 6.45) is 15.4. The first-order valence-electron chi connectivity index (χ1n) is 23.6. The number of aromatic hydroxyl groups is 2. The van der Waals surface area contributed by atoms with Gasteiger partial charge in [0, 0.05) is 57.8 Å². The molecule has 6 heterocycles. The van der Waals surface area contributed by atoms with Crippen LogP contribution in [0.1, 0.15) is 90.3 Å². The second-order valence-corrected chi connectivity index (χ2v) is 19.3. The number of dihydropyridines is 1. The smallest absolute Gasteiger partial charge is 0.164 e. The Kier molecular flexibility index (Phi) is 11.0. The molecule has 7 unspecified atom stereocenters. The second-order valence-electron chi connectivity index (χ2n) is 19.3. The van der Waals surface area contributed by atoms with E-state index in [0.717, 1.165) is 115 Å². The van der Waals surface area contributed by atoms with Gasteiger partial charge in [-0.1, -0.05) is 60.4 Å². The van der Waals surface area contributed by atoms with Gasteiger partial charge in [0.05, 0.1) is 31.6 Å². The number of aliphatic hydroxyl groups excluding tert-OH is 1. The number of aryl methyl sites for hydroxylation is 2. The Morgan fingerprint density at radius 1 is 0.906 bits per heavy atom. The van der Waals surface area contributed by atoms with Crippen LogP contribution in [0.15, 0.2) is 102 Å². The highest BCUT2D eigenvalue weighted by atomic mass is 16.5. The molecule has 1 saturated heterocycles. The minimum absolute atomic E-state index is 0.0594. The predicted molar refractivity (Wildman–Crippen MR) is 249 cm³/mol. The molecule has 8 bridgehead atoms. The fourth-order valence-corrected chi connectivity index (χ4v) is 12.0. The van der Waals surface area contributed by atoms with Crippen LogP contribution in [0.25, 0.3) is 16.6 Å². The van der Waals surface area contributed by atoms with E-state index >= 15 is 0 Å². The van der Waals surface area contributed by atoms with Crippen molar-refractivity contribution in [2.24, 2.45) is 23.5 Å². The number of fused-ring (bicyclic) bond motifs is 6. The number of nitrogens with zero attached hydrogens (tertiary/aromatic N) is 1. The molecule has 7 atom stereocenters. The zero-order valence-electron chi connectivity index (χ0n) is 36.5. The van der Waals surface area contributed by atoms with E-state index in [-0.39, 0.29) is 41.5 Å². The number of phenolic OH excluding ortho intramolecular Hbond substituents is 2. The lowest BCUT2D eigenvalue weighted by Crippen LogP contribution is -2.47. The summed E-state index contributed by atoms with van der Waals surface area (Å²) in [7, 11) is 0. The highest BCUT2D eigenvalue weighted by Crippen LogP contribution is 2.52. The van der Waals surface area contributed by atoms with Gasteiger partial charge in [-0.05, 0) is 153 Å². The Hall–Kier alpha value is -5.50.